The van der Waals surface area contributed by atoms with E-state index in [9.17, 15) is 9.90 Å². The van der Waals surface area contributed by atoms with Gasteiger partial charge in [0.1, 0.15) is 5.69 Å². The van der Waals surface area contributed by atoms with Crippen LogP contribution in [0, 0.1) is 12.8 Å². The highest BCUT2D eigenvalue weighted by Gasteiger charge is 2.32. The van der Waals surface area contributed by atoms with Crippen LogP contribution in [0.5, 0.6) is 0 Å². The number of amides is 1. The molecule has 1 N–H and O–H groups in total. The summed E-state index contributed by atoms with van der Waals surface area (Å²) < 4.78 is 0. The lowest BCUT2D eigenvalue weighted by molar-refractivity contribution is 0.0426. The van der Waals surface area contributed by atoms with Crippen molar-refractivity contribution in [2.45, 2.75) is 32.7 Å². The molecule has 1 unspecified atom stereocenters. The van der Waals surface area contributed by atoms with E-state index in [4.69, 9.17) is 0 Å². The zero-order valence-electron chi connectivity index (χ0n) is 14.0. The number of aliphatic hydroxyl groups excluding tert-OH is 1. The van der Waals surface area contributed by atoms with Crippen LogP contribution in [0.25, 0.3) is 11.4 Å². The third-order valence-electron chi connectivity index (χ3n) is 4.49. The minimum absolute atomic E-state index is 0.0287. The lowest BCUT2D eigenvalue weighted by Crippen LogP contribution is -2.48. The number of aryl methyl sites for hydroxylation is 1. The number of hydrogen-bond donors (Lipinski definition) is 1. The molecule has 24 heavy (non-hydrogen) atoms. The number of aromatic nitrogens is 3. The fraction of sp³-hybridized carbons (Fsp3) is 0.444. The zero-order valence-corrected chi connectivity index (χ0v) is 14.0. The van der Waals surface area contributed by atoms with Gasteiger partial charge < -0.3 is 10.0 Å². The molecule has 6 nitrogen and oxygen atoms in total. The molecular formula is C18H22N4O2. The lowest BCUT2D eigenvalue weighted by Gasteiger charge is -2.37. The topological polar surface area (TPSA) is 79.2 Å². The second kappa shape index (κ2) is 7.05. The van der Waals surface area contributed by atoms with Crippen LogP contribution < -0.4 is 0 Å². The summed E-state index contributed by atoms with van der Waals surface area (Å²) >= 11 is 0. The number of carbonyl (C=O) groups excluding carboxylic acids is 1. The average Bonchev–Trinajstić information content (AvgIpc) is 2.61. The van der Waals surface area contributed by atoms with E-state index in [2.05, 4.69) is 21.9 Å². The van der Waals surface area contributed by atoms with Crippen LogP contribution in [0.4, 0.5) is 0 Å². The minimum atomic E-state index is -0.160. The fourth-order valence-corrected chi connectivity index (χ4v) is 3.17. The SMILES string of the molecule is Cc1ccc(-c2ncccn2)c(C(=O)N2CC[C@H](C)CC2CO)n1. The van der Waals surface area contributed by atoms with Crippen molar-refractivity contribution in [2.24, 2.45) is 5.92 Å². The molecule has 0 aliphatic carbocycles. The Balaban J connectivity index is 1.99. The Morgan fingerprint density at radius 3 is 2.79 bits per heavy atom. The Morgan fingerprint density at radius 1 is 1.33 bits per heavy atom. The van der Waals surface area contributed by atoms with Crippen LogP contribution in [-0.4, -0.2) is 50.1 Å². The maximum Gasteiger partial charge on any atom is 0.273 e. The second-order valence-electron chi connectivity index (χ2n) is 6.39. The van der Waals surface area contributed by atoms with Crippen LogP contribution in [0.15, 0.2) is 30.6 Å². The van der Waals surface area contributed by atoms with Gasteiger partial charge in [0.15, 0.2) is 5.82 Å². The van der Waals surface area contributed by atoms with Gasteiger partial charge in [0.2, 0.25) is 0 Å². The summed E-state index contributed by atoms with van der Waals surface area (Å²) in [6, 6.07) is 5.27. The molecule has 2 aromatic heterocycles. The Labute approximate surface area is 141 Å². The van der Waals surface area contributed by atoms with Crippen LogP contribution in [0.2, 0.25) is 0 Å². The largest absolute Gasteiger partial charge is 0.394 e. The molecule has 126 valence electrons. The number of likely N-dealkylation sites (tertiary alicyclic amines) is 1. The summed E-state index contributed by atoms with van der Waals surface area (Å²) in [6.07, 6.45) is 5.04. The summed E-state index contributed by atoms with van der Waals surface area (Å²) in [5.41, 5.74) is 1.75. The predicted octanol–water partition coefficient (Wildman–Crippen LogP) is 2.08. The van der Waals surface area contributed by atoms with Crippen molar-refractivity contribution < 1.29 is 9.90 Å². The van der Waals surface area contributed by atoms with Gasteiger partial charge >= 0.3 is 0 Å². The Kier molecular flexibility index (Phi) is 4.85. The highest BCUT2D eigenvalue weighted by Crippen LogP contribution is 2.26. The normalized spacial score (nSPS) is 20.9. The van der Waals surface area contributed by atoms with Gasteiger partial charge in [-0.2, -0.15) is 0 Å². The van der Waals surface area contributed by atoms with Gasteiger partial charge in [0.25, 0.3) is 5.91 Å². The van der Waals surface area contributed by atoms with E-state index in [0.29, 0.717) is 29.5 Å². The first-order valence-corrected chi connectivity index (χ1v) is 8.27. The van der Waals surface area contributed by atoms with E-state index in [-0.39, 0.29) is 18.6 Å². The van der Waals surface area contributed by atoms with E-state index < -0.39 is 0 Å². The van der Waals surface area contributed by atoms with Crippen LogP contribution in [0.3, 0.4) is 0 Å². The maximum absolute atomic E-state index is 13.1. The molecule has 1 fully saturated rings. The first-order chi connectivity index (χ1) is 11.6. The van der Waals surface area contributed by atoms with E-state index in [1.54, 1.807) is 23.4 Å². The summed E-state index contributed by atoms with van der Waals surface area (Å²) in [7, 11) is 0. The third-order valence-corrected chi connectivity index (χ3v) is 4.49. The summed E-state index contributed by atoms with van der Waals surface area (Å²) in [5.74, 6) is 0.833. The van der Waals surface area contributed by atoms with Crippen molar-refractivity contribution in [3.8, 4) is 11.4 Å². The highest BCUT2D eigenvalue weighted by molar-refractivity contribution is 5.98. The molecule has 2 aromatic rings. The minimum Gasteiger partial charge on any atom is -0.394 e. The molecular weight excluding hydrogens is 304 g/mol. The van der Waals surface area contributed by atoms with Crippen molar-refractivity contribution >= 4 is 5.91 Å². The van der Waals surface area contributed by atoms with Crippen LogP contribution >= 0.6 is 0 Å². The lowest BCUT2D eigenvalue weighted by atomic mass is 9.92. The van der Waals surface area contributed by atoms with E-state index in [1.807, 2.05) is 19.1 Å². The first kappa shape index (κ1) is 16.5. The number of nitrogens with zero attached hydrogens (tertiary/aromatic N) is 4. The molecule has 1 aliphatic rings. The van der Waals surface area contributed by atoms with Crippen molar-refractivity contribution in [2.75, 3.05) is 13.2 Å². The summed E-state index contributed by atoms with van der Waals surface area (Å²) in [4.78, 5) is 27.8. The molecule has 1 amide bonds. The van der Waals surface area contributed by atoms with Gasteiger partial charge in [-0.15, -0.1) is 0 Å². The first-order valence-electron chi connectivity index (χ1n) is 8.27. The summed E-state index contributed by atoms with van der Waals surface area (Å²) in [6.45, 7) is 4.61. The molecule has 0 saturated carbocycles. The van der Waals surface area contributed by atoms with E-state index >= 15 is 0 Å². The molecule has 3 heterocycles. The quantitative estimate of drug-likeness (QED) is 0.934. The smallest absolute Gasteiger partial charge is 0.273 e. The number of pyridine rings is 1. The van der Waals surface area contributed by atoms with Crippen molar-refractivity contribution in [1.29, 1.82) is 0 Å². The van der Waals surface area contributed by atoms with Gasteiger partial charge in [-0.1, -0.05) is 6.92 Å². The number of hydrogen-bond acceptors (Lipinski definition) is 5. The Morgan fingerprint density at radius 2 is 2.08 bits per heavy atom. The number of piperidine rings is 1. The average molecular weight is 326 g/mol. The maximum atomic E-state index is 13.1. The Hall–Kier alpha value is -2.34. The molecule has 0 bridgehead atoms. The van der Waals surface area contributed by atoms with Crippen molar-refractivity contribution in [1.82, 2.24) is 19.9 Å². The summed E-state index contributed by atoms with van der Waals surface area (Å²) in [5, 5.41) is 9.68. The van der Waals surface area contributed by atoms with Gasteiger partial charge in [-0.3, -0.25) is 4.79 Å². The van der Waals surface area contributed by atoms with Crippen molar-refractivity contribution in [3.05, 3.63) is 42.0 Å². The molecule has 6 heteroatoms. The second-order valence-corrected chi connectivity index (χ2v) is 6.39. The highest BCUT2D eigenvalue weighted by atomic mass is 16.3. The fourth-order valence-electron chi connectivity index (χ4n) is 3.17. The van der Waals surface area contributed by atoms with E-state index in [1.165, 1.54) is 0 Å². The monoisotopic (exact) mass is 326 g/mol. The molecule has 1 aliphatic heterocycles. The Bertz CT molecular complexity index is 720. The van der Waals surface area contributed by atoms with Crippen LogP contribution in [0.1, 0.15) is 35.9 Å². The third kappa shape index (κ3) is 3.28. The standard InChI is InChI=1S/C18H22N4O2/c1-12-6-9-22(14(10-12)11-23)18(24)16-15(5-4-13(2)21-16)17-19-7-3-8-20-17/h3-5,7-8,12,14,23H,6,9-11H2,1-2H3/t12-,14?/m0/s1. The molecule has 3 rings (SSSR count). The molecule has 0 spiro atoms. The van der Waals surface area contributed by atoms with Crippen LogP contribution in [-0.2, 0) is 0 Å². The van der Waals surface area contributed by atoms with Crippen molar-refractivity contribution in [3.63, 3.8) is 0 Å². The number of aliphatic hydroxyl groups is 1. The molecule has 2 atom stereocenters. The molecule has 0 radical (unpaired) electrons. The van der Waals surface area contributed by atoms with E-state index in [0.717, 1.165) is 18.5 Å². The molecule has 1 saturated heterocycles. The zero-order chi connectivity index (χ0) is 17.1. The van der Waals surface area contributed by atoms with Gasteiger partial charge in [-0.25, -0.2) is 15.0 Å². The van der Waals surface area contributed by atoms with Gasteiger partial charge in [0, 0.05) is 24.6 Å². The van der Waals surface area contributed by atoms with Gasteiger partial charge in [0.05, 0.1) is 18.2 Å². The van der Waals surface area contributed by atoms with Gasteiger partial charge in [-0.05, 0) is 43.9 Å². The number of rotatable bonds is 3. The molecule has 0 aromatic carbocycles. The predicted molar refractivity (Wildman–Crippen MR) is 90.3 cm³/mol. The number of carbonyl (C=O) groups is 1.